The Kier molecular flexibility index (Phi) is 6.94. The molecule has 18 heavy (non-hydrogen) atoms. The molecular weight excluding hydrogens is 224 g/mol. The molecular formula is C15H26N2O. The topological polar surface area (TPSA) is 44.3 Å². The van der Waals surface area contributed by atoms with Crippen molar-refractivity contribution >= 4 is 0 Å². The number of nitrogens with one attached hydrogen (secondary N) is 2. The van der Waals surface area contributed by atoms with Crippen LogP contribution < -0.4 is 10.6 Å². The van der Waals surface area contributed by atoms with Gasteiger partial charge in [-0.25, -0.2) is 0 Å². The number of aliphatic hydroxyl groups is 1. The van der Waals surface area contributed by atoms with Gasteiger partial charge in [0.1, 0.15) is 0 Å². The third-order valence-corrected chi connectivity index (χ3v) is 3.04. The number of rotatable bonds is 8. The molecule has 2 unspecified atom stereocenters. The van der Waals surface area contributed by atoms with Gasteiger partial charge in [-0.05, 0) is 31.5 Å². The third-order valence-electron chi connectivity index (χ3n) is 3.04. The summed E-state index contributed by atoms with van der Waals surface area (Å²) in [5.74, 6) is 0.611. The SMILES string of the molecule is CNC(Cc1ccccc1)C(O)CNCC(C)C. The average Bonchev–Trinajstić information content (AvgIpc) is 2.36. The van der Waals surface area contributed by atoms with Gasteiger partial charge in [0.25, 0.3) is 0 Å². The van der Waals surface area contributed by atoms with E-state index in [0.29, 0.717) is 12.5 Å². The number of likely N-dealkylation sites (N-methyl/N-ethyl adjacent to an activating group) is 1. The van der Waals surface area contributed by atoms with E-state index in [-0.39, 0.29) is 12.1 Å². The van der Waals surface area contributed by atoms with Gasteiger partial charge in [-0.1, -0.05) is 44.2 Å². The summed E-state index contributed by atoms with van der Waals surface area (Å²) in [6.07, 6.45) is 0.482. The summed E-state index contributed by atoms with van der Waals surface area (Å²) in [6, 6.07) is 10.4. The van der Waals surface area contributed by atoms with Crippen molar-refractivity contribution in [3.8, 4) is 0 Å². The van der Waals surface area contributed by atoms with Crippen LogP contribution in [0.4, 0.5) is 0 Å². The average molecular weight is 250 g/mol. The zero-order chi connectivity index (χ0) is 13.4. The van der Waals surface area contributed by atoms with Crippen LogP contribution in [0.2, 0.25) is 0 Å². The fourth-order valence-corrected chi connectivity index (χ4v) is 1.96. The first kappa shape index (κ1) is 15.2. The molecule has 0 saturated carbocycles. The highest BCUT2D eigenvalue weighted by Crippen LogP contribution is 2.05. The Morgan fingerprint density at radius 2 is 1.78 bits per heavy atom. The smallest absolute Gasteiger partial charge is 0.0820 e. The van der Waals surface area contributed by atoms with E-state index < -0.39 is 0 Å². The lowest BCUT2D eigenvalue weighted by atomic mass is 10.0. The zero-order valence-corrected chi connectivity index (χ0v) is 11.7. The second-order valence-corrected chi connectivity index (χ2v) is 5.20. The Hall–Kier alpha value is -0.900. The largest absolute Gasteiger partial charge is 0.390 e. The molecule has 0 saturated heterocycles. The molecule has 0 radical (unpaired) electrons. The van der Waals surface area contributed by atoms with Crippen molar-refractivity contribution in [2.45, 2.75) is 32.4 Å². The Labute approximate surface area is 111 Å². The number of aliphatic hydroxyl groups excluding tert-OH is 1. The molecule has 1 aromatic carbocycles. The van der Waals surface area contributed by atoms with Crippen molar-refractivity contribution in [3.63, 3.8) is 0 Å². The molecule has 0 fully saturated rings. The van der Waals surface area contributed by atoms with Crippen molar-refractivity contribution in [1.29, 1.82) is 0 Å². The lowest BCUT2D eigenvalue weighted by molar-refractivity contribution is 0.128. The van der Waals surface area contributed by atoms with Crippen LogP contribution in [0, 0.1) is 5.92 Å². The van der Waals surface area contributed by atoms with Gasteiger partial charge in [-0.15, -0.1) is 0 Å². The van der Waals surface area contributed by atoms with Crippen LogP contribution >= 0.6 is 0 Å². The normalized spacial score (nSPS) is 14.7. The summed E-state index contributed by atoms with van der Waals surface area (Å²) >= 11 is 0. The molecule has 3 nitrogen and oxygen atoms in total. The van der Waals surface area contributed by atoms with Crippen LogP contribution in [0.25, 0.3) is 0 Å². The van der Waals surface area contributed by atoms with Gasteiger partial charge < -0.3 is 15.7 Å². The lowest BCUT2D eigenvalue weighted by Crippen LogP contribution is -2.45. The molecule has 0 bridgehead atoms. The molecule has 2 atom stereocenters. The minimum atomic E-state index is -0.367. The standard InChI is InChI=1S/C15H26N2O/c1-12(2)10-17-11-15(18)14(16-3)9-13-7-5-4-6-8-13/h4-8,12,14-18H,9-11H2,1-3H3. The minimum Gasteiger partial charge on any atom is -0.390 e. The van der Waals surface area contributed by atoms with Gasteiger partial charge in [-0.3, -0.25) is 0 Å². The van der Waals surface area contributed by atoms with E-state index in [1.54, 1.807) is 0 Å². The molecule has 0 aliphatic rings. The molecule has 3 N–H and O–H groups in total. The second-order valence-electron chi connectivity index (χ2n) is 5.20. The Balaban J connectivity index is 2.40. The predicted molar refractivity (Wildman–Crippen MR) is 76.7 cm³/mol. The summed E-state index contributed by atoms with van der Waals surface area (Å²) in [5.41, 5.74) is 1.25. The molecule has 0 amide bonds. The highest BCUT2D eigenvalue weighted by molar-refractivity contribution is 5.16. The molecule has 0 heterocycles. The molecule has 0 spiro atoms. The Bertz CT molecular complexity index is 314. The Morgan fingerprint density at radius 3 is 2.33 bits per heavy atom. The highest BCUT2D eigenvalue weighted by Gasteiger charge is 2.17. The predicted octanol–water partition coefficient (Wildman–Crippen LogP) is 1.42. The van der Waals surface area contributed by atoms with Crippen LogP contribution in [0.5, 0.6) is 0 Å². The van der Waals surface area contributed by atoms with E-state index in [9.17, 15) is 5.11 Å². The first-order valence-electron chi connectivity index (χ1n) is 6.73. The zero-order valence-electron chi connectivity index (χ0n) is 11.7. The maximum Gasteiger partial charge on any atom is 0.0820 e. The summed E-state index contributed by atoms with van der Waals surface area (Å²) in [5, 5.41) is 16.7. The third kappa shape index (κ3) is 5.63. The molecule has 1 rings (SSSR count). The fourth-order valence-electron chi connectivity index (χ4n) is 1.96. The van der Waals surface area contributed by atoms with Gasteiger partial charge >= 0.3 is 0 Å². The van der Waals surface area contributed by atoms with Crippen molar-refractivity contribution < 1.29 is 5.11 Å². The minimum absolute atomic E-state index is 0.0899. The van der Waals surface area contributed by atoms with E-state index in [4.69, 9.17) is 0 Å². The highest BCUT2D eigenvalue weighted by atomic mass is 16.3. The second kappa shape index (κ2) is 8.25. The number of benzene rings is 1. The monoisotopic (exact) mass is 250 g/mol. The van der Waals surface area contributed by atoms with Crippen molar-refractivity contribution in [3.05, 3.63) is 35.9 Å². The van der Waals surface area contributed by atoms with E-state index in [1.165, 1.54) is 5.56 Å². The van der Waals surface area contributed by atoms with Gasteiger partial charge in [0, 0.05) is 12.6 Å². The van der Waals surface area contributed by atoms with Crippen molar-refractivity contribution in [2.24, 2.45) is 5.92 Å². The fraction of sp³-hybridized carbons (Fsp3) is 0.600. The first-order chi connectivity index (χ1) is 8.63. The number of hydrogen-bond acceptors (Lipinski definition) is 3. The lowest BCUT2D eigenvalue weighted by Gasteiger charge is -2.23. The summed E-state index contributed by atoms with van der Waals surface area (Å²) in [6.45, 7) is 5.91. The van der Waals surface area contributed by atoms with Gasteiger partial charge in [0.2, 0.25) is 0 Å². The number of hydrogen-bond donors (Lipinski definition) is 3. The Morgan fingerprint density at radius 1 is 1.11 bits per heavy atom. The van der Waals surface area contributed by atoms with Crippen LogP contribution in [-0.2, 0) is 6.42 Å². The van der Waals surface area contributed by atoms with E-state index in [0.717, 1.165) is 13.0 Å². The maximum atomic E-state index is 10.2. The van der Waals surface area contributed by atoms with Crippen molar-refractivity contribution in [1.82, 2.24) is 10.6 Å². The van der Waals surface area contributed by atoms with Crippen LogP contribution in [-0.4, -0.2) is 37.4 Å². The molecule has 3 heteroatoms. The summed E-state index contributed by atoms with van der Waals surface area (Å²) in [7, 11) is 1.90. The van der Waals surface area contributed by atoms with Crippen LogP contribution in [0.15, 0.2) is 30.3 Å². The van der Waals surface area contributed by atoms with Gasteiger partial charge in [-0.2, -0.15) is 0 Å². The van der Waals surface area contributed by atoms with Gasteiger partial charge in [0.05, 0.1) is 6.10 Å². The van der Waals surface area contributed by atoms with Crippen molar-refractivity contribution in [2.75, 3.05) is 20.1 Å². The van der Waals surface area contributed by atoms with Crippen LogP contribution in [0.3, 0.4) is 0 Å². The maximum absolute atomic E-state index is 10.2. The summed E-state index contributed by atoms with van der Waals surface area (Å²) in [4.78, 5) is 0. The molecule has 1 aromatic rings. The van der Waals surface area contributed by atoms with E-state index >= 15 is 0 Å². The van der Waals surface area contributed by atoms with E-state index in [2.05, 4.69) is 36.6 Å². The first-order valence-corrected chi connectivity index (χ1v) is 6.73. The van der Waals surface area contributed by atoms with Crippen LogP contribution in [0.1, 0.15) is 19.4 Å². The molecule has 0 aromatic heterocycles. The molecule has 0 aliphatic carbocycles. The van der Waals surface area contributed by atoms with E-state index in [1.807, 2.05) is 25.2 Å². The molecule has 102 valence electrons. The van der Waals surface area contributed by atoms with Gasteiger partial charge in [0.15, 0.2) is 0 Å². The molecule has 0 aliphatic heterocycles. The summed E-state index contributed by atoms with van der Waals surface area (Å²) < 4.78 is 0. The quantitative estimate of drug-likeness (QED) is 0.654.